The lowest BCUT2D eigenvalue weighted by Crippen LogP contribution is -2.40. The highest BCUT2D eigenvalue weighted by Gasteiger charge is 2.32. The first kappa shape index (κ1) is 14.5. The fourth-order valence-electron chi connectivity index (χ4n) is 2.08. The van der Waals surface area contributed by atoms with Crippen LogP contribution in [0.5, 0.6) is 0 Å². The standard InChI is InChI=1S/C13H19NO4S/c1-10-3-5-12(6-4-10)19(16,17)14-8-7-13(15)18-9-11(14)2/h3-6,11,13,15H,7-9H2,1-2H3/t11-,13?/m0/s1. The molecule has 19 heavy (non-hydrogen) atoms. The predicted molar refractivity (Wildman–Crippen MR) is 71.1 cm³/mol. The molecule has 1 unspecified atom stereocenters. The van der Waals surface area contributed by atoms with Crippen molar-refractivity contribution in [3.05, 3.63) is 29.8 Å². The topological polar surface area (TPSA) is 66.8 Å². The number of aliphatic hydroxyl groups excluding tert-OH is 1. The van der Waals surface area contributed by atoms with Gasteiger partial charge in [0.15, 0.2) is 6.29 Å². The monoisotopic (exact) mass is 285 g/mol. The van der Waals surface area contributed by atoms with Gasteiger partial charge in [-0.1, -0.05) is 17.7 Å². The Balaban J connectivity index is 2.30. The van der Waals surface area contributed by atoms with Gasteiger partial charge in [0.05, 0.1) is 11.5 Å². The first-order valence-electron chi connectivity index (χ1n) is 6.29. The summed E-state index contributed by atoms with van der Waals surface area (Å²) in [5.41, 5.74) is 1.02. The minimum atomic E-state index is -3.53. The second kappa shape index (κ2) is 5.58. The van der Waals surface area contributed by atoms with E-state index in [0.29, 0.717) is 0 Å². The molecule has 1 fully saturated rings. The number of hydrogen-bond donors (Lipinski definition) is 1. The Hall–Kier alpha value is -0.950. The highest BCUT2D eigenvalue weighted by molar-refractivity contribution is 7.89. The number of benzene rings is 1. The van der Waals surface area contributed by atoms with Crippen molar-refractivity contribution in [1.29, 1.82) is 0 Å². The third-order valence-electron chi connectivity index (χ3n) is 3.25. The maximum absolute atomic E-state index is 12.6. The van der Waals surface area contributed by atoms with Crippen molar-refractivity contribution in [1.82, 2.24) is 4.31 Å². The molecule has 1 saturated heterocycles. The summed E-state index contributed by atoms with van der Waals surface area (Å²) in [7, 11) is -3.53. The van der Waals surface area contributed by atoms with Gasteiger partial charge in [-0.15, -0.1) is 0 Å². The van der Waals surface area contributed by atoms with E-state index in [1.165, 1.54) is 4.31 Å². The molecule has 1 aliphatic heterocycles. The van der Waals surface area contributed by atoms with Crippen LogP contribution in [-0.4, -0.2) is 43.3 Å². The Morgan fingerprint density at radius 1 is 1.32 bits per heavy atom. The van der Waals surface area contributed by atoms with Gasteiger partial charge in [0.25, 0.3) is 0 Å². The lowest BCUT2D eigenvalue weighted by molar-refractivity contribution is -0.0964. The Morgan fingerprint density at radius 3 is 2.58 bits per heavy atom. The van der Waals surface area contributed by atoms with Crippen LogP contribution >= 0.6 is 0 Å². The van der Waals surface area contributed by atoms with Crippen LogP contribution in [0.25, 0.3) is 0 Å². The SMILES string of the molecule is Cc1ccc(S(=O)(=O)N2CCC(O)OC[C@@H]2C)cc1. The third kappa shape index (κ3) is 3.14. The molecular weight excluding hydrogens is 266 g/mol. The first-order chi connectivity index (χ1) is 8.91. The maximum atomic E-state index is 12.6. The zero-order chi connectivity index (χ0) is 14.0. The predicted octanol–water partition coefficient (Wildman–Crippen LogP) is 1.11. The average molecular weight is 285 g/mol. The minimum Gasteiger partial charge on any atom is -0.368 e. The molecule has 0 bridgehead atoms. The number of rotatable bonds is 2. The van der Waals surface area contributed by atoms with E-state index in [1.807, 2.05) is 6.92 Å². The molecule has 2 rings (SSSR count). The molecule has 0 saturated carbocycles. The molecule has 0 aliphatic carbocycles. The van der Waals surface area contributed by atoms with Crippen molar-refractivity contribution in [2.24, 2.45) is 0 Å². The maximum Gasteiger partial charge on any atom is 0.243 e. The van der Waals surface area contributed by atoms with Crippen LogP contribution in [0, 0.1) is 6.92 Å². The molecule has 1 N–H and O–H groups in total. The lowest BCUT2D eigenvalue weighted by atomic mass is 10.2. The molecule has 0 aromatic heterocycles. The van der Waals surface area contributed by atoms with E-state index >= 15 is 0 Å². The van der Waals surface area contributed by atoms with Crippen LogP contribution in [0.1, 0.15) is 18.9 Å². The third-order valence-corrected chi connectivity index (χ3v) is 5.27. The van der Waals surface area contributed by atoms with E-state index in [2.05, 4.69) is 0 Å². The number of aryl methyl sites for hydroxylation is 1. The van der Waals surface area contributed by atoms with Crippen molar-refractivity contribution < 1.29 is 18.3 Å². The van der Waals surface area contributed by atoms with E-state index in [0.717, 1.165) is 5.56 Å². The van der Waals surface area contributed by atoms with Gasteiger partial charge in [-0.3, -0.25) is 0 Å². The van der Waals surface area contributed by atoms with Crippen molar-refractivity contribution in [2.75, 3.05) is 13.2 Å². The number of hydrogen-bond acceptors (Lipinski definition) is 4. The first-order valence-corrected chi connectivity index (χ1v) is 7.73. The largest absolute Gasteiger partial charge is 0.368 e. The van der Waals surface area contributed by atoms with E-state index < -0.39 is 16.3 Å². The molecule has 1 heterocycles. The van der Waals surface area contributed by atoms with Crippen LogP contribution in [0.3, 0.4) is 0 Å². The Morgan fingerprint density at radius 2 is 1.95 bits per heavy atom. The highest BCUT2D eigenvalue weighted by Crippen LogP contribution is 2.21. The van der Waals surface area contributed by atoms with Gasteiger partial charge in [-0.2, -0.15) is 4.31 Å². The van der Waals surface area contributed by atoms with Crippen LogP contribution < -0.4 is 0 Å². The summed E-state index contributed by atoms with van der Waals surface area (Å²) < 4.78 is 31.7. The molecule has 2 atom stereocenters. The normalized spacial score (nSPS) is 26.1. The molecule has 106 valence electrons. The summed E-state index contributed by atoms with van der Waals surface area (Å²) in [5.74, 6) is 0. The molecule has 0 spiro atoms. The molecule has 1 aromatic carbocycles. The summed E-state index contributed by atoms with van der Waals surface area (Å²) in [5, 5.41) is 9.45. The number of nitrogens with zero attached hydrogens (tertiary/aromatic N) is 1. The van der Waals surface area contributed by atoms with Gasteiger partial charge in [0.1, 0.15) is 0 Å². The van der Waals surface area contributed by atoms with Crippen LogP contribution in [0.4, 0.5) is 0 Å². The Kier molecular flexibility index (Phi) is 4.25. The van der Waals surface area contributed by atoms with Gasteiger partial charge in [-0.25, -0.2) is 8.42 Å². The van der Waals surface area contributed by atoms with Gasteiger partial charge in [0, 0.05) is 19.0 Å². The Labute approximate surface area is 113 Å². The van der Waals surface area contributed by atoms with Gasteiger partial charge in [0.2, 0.25) is 10.0 Å². The smallest absolute Gasteiger partial charge is 0.243 e. The number of sulfonamides is 1. The molecule has 6 heteroatoms. The molecular formula is C13H19NO4S. The van der Waals surface area contributed by atoms with Gasteiger partial charge >= 0.3 is 0 Å². The number of ether oxygens (including phenoxy) is 1. The zero-order valence-corrected chi connectivity index (χ0v) is 11.9. The van der Waals surface area contributed by atoms with E-state index in [1.54, 1.807) is 31.2 Å². The summed E-state index contributed by atoms with van der Waals surface area (Å²) in [4.78, 5) is 0.279. The number of aliphatic hydroxyl groups is 1. The summed E-state index contributed by atoms with van der Waals surface area (Å²) in [6.07, 6.45) is -0.601. The molecule has 0 amide bonds. The summed E-state index contributed by atoms with van der Waals surface area (Å²) in [6, 6.07) is 6.49. The Bertz CT molecular complexity index is 526. The fourth-order valence-corrected chi connectivity index (χ4v) is 3.71. The molecule has 1 aliphatic rings. The van der Waals surface area contributed by atoms with Gasteiger partial charge < -0.3 is 9.84 Å². The molecule has 0 radical (unpaired) electrons. The van der Waals surface area contributed by atoms with Crippen LogP contribution in [0.2, 0.25) is 0 Å². The quantitative estimate of drug-likeness (QED) is 0.884. The van der Waals surface area contributed by atoms with Crippen LogP contribution in [-0.2, 0) is 14.8 Å². The fraction of sp³-hybridized carbons (Fsp3) is 0.538. The zero-order valence-electron chi connectivity index (χ0n) is 11.1. The molecule has 5 nitrogen and oxygen atoms in total. The van der Waals surface area contributed by atoms with E-state index in [4.69, 9.17) is 4.74 Å². The van der Waals surface area contributed by atoms with Crippen molar-refractivity contribution >= 4 is 10.0 Å². The average Bonchev–Trinajstić information content (AvgIpc) is 2.52. The summed E-state index contributed by atoms with van der Waals surface area (Å²) >= 11 is 0. The second-order valence-corrected chi connectivity index (χ2v) is 6.75. The van der Waals surface area contributed by atoms with Crippen molar-refractivity contribution in [2.45, 2.75) is 37.5 Å². The van der Waals surface area contributed by atoms with Crippen molar-refractivity contribution in [3.63, 3.8) is 0 Å². The van der Waals surface area contributed by atoms with E-state index in [9.17, 15) is 13.5 Å². The lowest BCUT2D eigenvalue weighted by Gasteiger charge is -2.25. The molecule has 1 aromatic rings. The second-order valence-electron chi connectivity index (χ2n) is 4.85. The summed E-state index contributed by atoms with van der Waals surface area (Å²) in [6.45, 7) is 4.16. The highest BCUT2D eigenvalue weighted by atomic mass is 32.2. The van der Waals surface area contributed by atoms with E-state index in [-0.39, 0.29) is 30.5 Å². The van der Waals surface area contributed by atoms with Crippen LogP contribution in [0.15, 0.2) is 29.2 Å². The minimum absolute atomic E-state index is 0.201. The van der Waals surface area contributed by atoms with Gasteiger partial charge in [-0.05, 0) is 26.0 Å². The van der Waals surface area contributed by atoms with Crippen molar-refractivity contribution in [3.8, 4) is 0 Å².